The van der Waals surface area contributed by atoms with Gasteiger partial charge in [-0.2, -0.15) is 0 Å². The Hall–Kier alpha value is 0.330. The molecule has 1 aromatic rings. The molecular weight excluding hydrogens is 236 g/mol. The fraction of sp³-hybridized carbons (Fsp3) is 0.400. The maximum atomic E-state index is 11.7. The Morgan fingerprint density at radius 2 is 1.88 bits per heavy atom. The second-order valence-electron chi connectivity index (χ2n) is 3.73. The first-order chi connectivity index (χ1) is 6.93. The van der Waals surface area contributed by atoms with Crippen LogP contribution in [0, 0.1) is 0 Å². The molecule has 1 N–H and O–H groups in total. The number of hydrogen-bond donors (Lipinski definition) is 1. The molecule has 0 saturated heterocycles. The number of hydrogen-bond acceptors (Lipinski definition) is 4. The predicted octanol–water partition coefficient (Wildman–Crippen LogP) is -2.16. The summed E-state index contributed by atoms with van der Waals surface area (Å²) in [6.07, 6.45) is -0.136. The van der Waals surface area contributed by atoms with Crippen molar-refractivity contribution in [2.24, 2.45) is 0 Å². The summed E-state index contributed by atoms with van der Waals surface area (Å²) in [4.78, 5) is 13.2. The van der Waals surface area contributed by atoms with Crippen molar-refractivity contribution in [3.8, 4) is 0 Å². The zero-order valence-electron chi connectivity index (χ0n) is 9.83. The molecule has 6 heteroatoms. The van der Waals surface area contributed by atoms with Gasteiger partial charge >= 0.3 is 29.6 Å². The normalized spacial score (nSPS) is 16.3. The summed E-state index contributed by atoms with van der Waals surface area (Å²) >= 11 is 0. The van der Waals surface area contributed by atoms with Crippen LogP contribution >= 0.6 is 7.37 Å². The van der Waals surface area contributed by atoms with E-state index in [1.54, 1.807) is 44.4 Å². The van der Waals surface area contributed by atoms with E-state index in [1.165, 1.54) is 4.90 Å². The standard InChI is InChI=1S/C10H16NO3P.Na/c1-11(2)8-15(13,14)10(12)9-6-4-3-5-7-9;/h3-7,10,12H,8H2,1-2H3,(H,13,14);/q;+1/p-1. The van der Waals surface area contributed by atoms with E-state index in [4.69, 9.17) is 0 Å². The Bertz CT molecular complexity index is 358. The van der Waals surface area contributed by atoms with Crippen LogP contribution in [0.4, 0.5) is 0 Å². The average molecular weight is 251 g/mol. The predicted molar refractivity (Wildman–Crippen MR) is 57.6 cm³/mol. The zero-order valence-corrected chi connectivity index (χ0v) is 12.7. The van der Waals surface area contributed by atoms with E-state index in [2.05, 4.69) is 0 Å². The number of rotatable bonds is 4. The molecule has 1 aromatic carbocycles. The Labute approximate surface area is 118 Å². The maximum absolute atomic E-state index is 11.7. The van der Waals surface area contributed by atoms with Gasteiger partial charge in [-0.1, -0.05) is 30.3 Å². The van der Waals surface area contributed by atoms with Gasteiger partial charge < -0.3 is 19.5 Å². The monoisotopic (exact) mass is 251 g/mol. The average Bonchev–Trinajstić information content (AvgIpc) is 2.16. The van der Waals surface area contributed by atoms with Crippen LogP contribution < -0.4 is 34.5 Å². The topological polar surface area (TPSA) is 63.6 Å². The molecule has 0 saturated carbocycles. The fourth-order valence-corrected chi connectivity index (χ4v) is 2.89. The van der Waals surface area contributed by atoms with Crippen LogP contribution in [0.15, 0.2) is 30.3 Å². The molecule has 0 heterocycles. The van der Waals surface area contributed by atoms with E-state index in [9.17, 15) is 14.6 Å². The third-order valence-electron chi connectivity index (χ3n) is 1.95. The maximum Gasteiger partial charge on any atom is 1.00 e. The molecule has 0 aromatic heterocycles. The van der Waals surface area contributed by atoms with E-state index in [0.717, 1.165) is 0 Å². The van der Waals surface area contributed by atoms with Crippen molar-refractivity contribution in [1.82, 2.24) is 4.90 Å². The van der Waals surface area contributed by atoms with Crippen LogP contribution in [0.25, 0.3) is 0 Å². The van der Waals surface area contributed by atoms with Crippen LogP contribution in [0.3, 0.4) is 0 Å². The largest absolute Gasteiger partial charge is 1.00 e. The summed E-state index contributed by atoms with van der Waals surface area (Å²) in [6, 6.07) is 8.38. The van der Waals surface area contributed by atoms with Crippen molar-refractivity contribution >= 4 is 7.37 Å². The van der Waals surface area contributed by atoms with E-state index in [0.29, 0.717) is 5.56 Å². The van der Waals surface area contributed by atoms with Crippen molar-refractivity contribution in [2.75, 3.05) is 20.4 Å². The first-order valence-electron chi connectivity index (χ1n) is 4.61. The third kappa shape index (κ3) is 4.68. The first-order valence-corrected chi connectivity index (χ1v) is 6.49. The summed E-state index contributed by atoms with van der Waals surface area (Å²) in [6.45, 7) is 0. The molecule has 2 atom stereocenters. The Morgan fingerprint density at radius 3 is 2.31 bits per heavy atom. The molecule has 0 amide bonds. The van der Waals surface area contributed by atoms with Gasteiger partial charge in [-0.3, -0.25) is 0 Å². The quantitative estimate of drug-likeness (QED) is 0.489. The molecule has 2 unspecified atom stereocenters. The summed E-state index contributed by atoms with van der Waals surface area (Å²) < 4.78 is 11.7. The molecule has 0 spiro atoms. The van der Waals surface area contributed by atoms with Crippen LogP contribution in [0.1, 0.15) is 11.4 Å². The van der Waals surface area contributed by atoms with Gasteiger partial charge in [0.05, 0.1) is 7.37 Å². The van der Waals surface area contributed by atoms with Crippen molar-refractivity contribution in [3.05, 3.63) is 35.9 Å². The van der Waals surface area contributed by atoms with Crippen molar-refractivity contribution in [2.45, 2.75) is 5.85 Å². The van der Waals surface area contributed by atoms with E-state index >= 15 is 0 Å². The summed E-state index contributed by atoms with van der Waals surface area (Å²) in [5.74, 6) is -1.42. The molecule has 4 nitrogen and oxygen atoms in total. The van der Waals surface area contributed by atoms with Gasteiger partial charge in [0.2, 0.25) is 0 Å². The molecule has 16 heavy (non-hydrogen) atoms. The molecule has 0 bridgehead atoms. The Kier molecular flexibility index (Phi) is 7.06. The van der Waals surface area contributed by atoms with Crippen molar-refractivity contribution in [3.63, 3.8) is 0 Å². The van der Waals surface area contributed by atoms with Gasteiger partial charge in [-0.25, -0.2) is 0 Å². The molecule has 0 radical (unpaired) electrons. The van der Waals surface area contributed by atoms with Gasteiger partial charge in [0.1, 0.15) is 5.85 Å². The van der Waals surface area contributed by atoms with E-state index in [1.807, 2.05) is 0 Å². The fourth-order valence-electron chi connectivity index (χ4n) is 1.32. The number of benzene rings is 1. The Morgan fingerprint density at radius 1 is 1.38 bits per heavy atom. The van der Waals surface area contributed by atoms with Crippen molar-refractivity contribution < 1.29 is 44.1 Å². The minimum Gasteiger partial charge on any atom is -0.796 e. The molecule has 0 aliphatic heterocycles. The van der Waals surface area contributed by atoms with Gasteiger partial charge in [0.15, 0.2) is 0 Å². The van der Waals surface area contributed by atoms with Crippen molar-refractivity contribution in [1.29, 1.82) is 0 Å². The smallest absolute Gasteiger partial charge is 0.796 e. The SMILES string of the molecule is CN(C)CP(=O)([O-])C(O)c1ccccc1.[Na+]. The summed E-state index contributed by atoms with van der Waals surface area (Å²) in [5.41, 5.74) is 0.415. The second kappa shape index (κ2) is 6.92. The molecule has 0 fully saturated rings. The second-order valence-corrected chi connectivity index (χ2v) is 5.96. The molecule has 1 rings (SSSR count). The van der Waals surface area contributed by atoms with Gasteiger partial charge in [0.25, 0.3) is 0 Å². The number of aliphatic hydroxyl groups excluding tert-OH is 1. The van der Waals surface area contributed by atoms with E-state index < -0.39 is 13.2 Å². The molecular formula is C10H15NNaO3P. The minimum atomic E-state index is -3.83. The molecule has 0 aliphatic carbocycles. The third-order valence-corrected chi connectivity index (χ3v) is 3.95. The van der Waals surface area contributed by atoms with Crippen LogP contribution in [0.5, 0.6) is 0 Å². The first kappa shape index (κ1) is 16.3. The van der Waals surface area contributed by atoms with Gasteiger partial charge in [0, 0.05) is 6.29 Å². The summed E-state index contributed by atoms with van der Waals surface area (Å²) in [5, 5.41) is 9.69. The van der Waals surface area contributed by atoms with Crippen LogP contribution in [-0.2, 0) is 4.57 Å². The van der Waals surface area contributed by atoms with E-state index in [-0.39, 0.29) is 35.8 Å². The number of aliphatic hydroxyl groups is 1. The summed E-state index contributed by atoms with van der Waals surface area (Å²) in [7, 11) is -0.520. The van der Waals surface area contributed by atoms with Crippen LogP contribution in [-0.4, -0.2) is 30.4 Å². The number of nitrogens with zero attached hydrogens (tertiary/aromatic N) is 1. The molecule has 0 aliphatic rings. The van der Waals surface area contributed by atoms with Crippen LogP contribution in [0.2, 0.25) is 0 Å². The minimum absolute atomic E-state index is 0. The zero-order chi connectivity index (χ0) is 11.5. The Balaban J connectivity index is 0.00000225. The van der Waals surface area contributed by atoms with Gasteiger partial charge in [-0.05, 0) is 19.7 Å². The molecule has 84 valence electrons. The van der Waals surface area contributed by atoms with Gasteiger partial charge in [-0.15, -0.1) is 0 Å².